The molecule has 2 rings (SSSR count). The summed E-state index contributed by atoms with van der Waals surface area (Å²) in [6.45, 7) is 4.16. The molecule has 0 aliphatic rings. The van der Waals surface area contributed by atoms with Crippen molar-refractivity contribution in [1.82, 2.24) is 10.4 Å². The number of rotatable bonds is 7. The first kappa shape index (κ1) is 18.1. The Kier molecular flexibility index (Phi) is 6.65. The van der Waals surface area contributed by atoms with Crippen LogP contribution in [-0.2, 0) is 4.79 Å². The van der Waals surface area contributed by atoms with Gasteiger partial charge in [0.05, 0.1) is 18.6 Å². The van der Waals surface area contributed by atoms with Crippen molar-refractivity contribution in [1.29, 1.82) is 0 Å². The van der Waals surface area contributed by atoms with Crippen molar-refractivity contribution in [3.8, 4) is 5.75 Å². The number of hydrogen-bond acceptors (Lipinski definition) is 5. The van der Waals surface area contributed by atoms with Crippen LogP contribution >= 0.6 is 0 Å². The molecule has 0 saturated heterocycles. The van der Waals surface area contributed by atoms with E-state index >= 15 is 0 Å². The third-order valence-electron chi connectivity index (χ3n) is 3.14. The van der Waals surface area contributed by atoms with E-state index in [1.165, 1.54) is 6.20 Å². The van der Waals surface area contributed by atoms with E-state index in [9.17, 15) is 9.59 Å². The molecule has 0 atom stereocenters. The highest BCUT2D eigenvalue weighted by atomic mass is 16.5. The van der Waals surface area contributed by atoms with Crippen LogP contribution in [-0.4, -0.2) is 29.1 Å². The third-order valence-corrected chi connectivity index (χ3v) is 3.14. The Labute approximate surface area is 146 Å². The van der Waals surface area contributed by atoms with E-state index in [1.54, 1.807) is 49.5 Å². The smallest absolute Gasteiger partial charge is 0.272 e. The highest BCUT2D eigenvalue weighted by Crippen LogP contribution is 2.15. The highest BCUT2D eigenvalue weighted by molar-refractivity contribution is 6.06. The molecule has 0 bridgehead atoms. The number of aromatic nitrogens is 1. The fraction of sp³-hybridized carbons (Fsp3) is 0.222. The van der Waals surface area contributed by atoms with E-state index in [4.69, 9.17) is 4.74 Å². The van der Waals surface area contributed by atoms with Gasteiger partial charge in [-0.1, -0.05) is 0 Å². The Morgan fingerprint density at radius 1 is 1.20 bits per heavy atom. The van der Waals surface area contributed by atoms with Crippen LogP contribution in [0.5, 0.6) is 5.75 Å². The number of pyridine rings is 1. The first-order valence-corrected chi connectivity index (χ1v) is 7.84. The maximum absolute atomic E-state index is 12.0. The zero-order valence-electron chi connectivity index (χ0n) is 14.2. The molecule has 2 amide bonds. The minimum absolute atomic E-state index is 0.0700. The van der Waals surface area contributed by atoms with Gasteiger partial charge in [-0.15, -0.1) is 0 Å². The van der Waals surface area contributed by atoms with Gasteiger partial charge in [0, 0.05) is 23.8 Å². The number of benzene rings is 1. The van der Waals surface area contributed by atoms with Gasteiger partial charge in [-0.2, -0.15) is 5.10 Å². The van der Waals surface area contributed by atoms with Crippen molar-refractivity contribution < 1.29 is 14.3 Å². The summed E-state index contributed by atoms with van der Waals surface area (Å²) in [6.07, 6.45) is 3.09. The van der Waals surface area contributed by atoms with Crippen LogP contribution < -0.4 is 15.5 Å². The van der Waals surface area contributed by atoms with Crippen LogP contribution in [0.3, 0.4) is 0 Å². The lowest BCUT2D eigenvalue weighted by molar-refractivity contribution is -0.115. The van der Waals surface area contributed by atoms with Gasteiger partial charge in [0.1, 0.15) is 5.75 Å². The minimum atomic E-state index is -0.376. The lowest BCUT2D eigenvalue weighted by atomic mass is 10.2. The molecule has 7 heteroatoms. The molecule has 2 aromatic rings. The second-order valence-electron chi connectivity index (χ2n) is 5.21. The van der Waals surface area contributed by atoms with Crippen molar-refractivity contribution in [2.45, 2.75) is 20.3 Å². The number of carbonyl (C=O) groups is 2. The molecule has 0 aliphatic carbocycles. The molecule has 1 heterocycles. The number of hydrogen-bond donors (Lipinski definition) is 2. The predicted molar refractivity (Wildman–Crippen MR) is 95.7 cm³/mol. The van der Waals surface area contributed by atoms with Gasteiger partial charge in [-0.25, -0.2) is 5.43 Å². The van der Waals surface area contributed by atoms with Crippen molar-refractivity contribution in [2.24, 2.45) is 5.10 Å². The predicted octanol–water partition coefficient (Wildman–Crippen LogP) is 2.61. The summed E-state index contributed by atoms with van der Waals surface area (Å²) < 4.78 is 5.34. The van der Waals surface area contributed by atoms with E-state index in [0.717, 1.165) is 5.75 Å². The maximum Gasteiger partial charge on any atom is 0.272 e. The van der Waals surface area contributed by atoms with Crippen molar-refractivity contribution in [3.63, 3.8) is 0 Å². The van der Waals surface area contributed by atoms with Crippen molar-refractivity contribution in [3.05, 3.63) is 54.4 Å². The van der Waals surface area contributed by atoms with E-state index in [2.05, 4.69) is 20.8 Å². The van der Waals surface area contributed by atoms with Crippen LogP contribution in [0.2, 0.25) is 0 Å². The molecule has 130 valence electrons. The quantitative estimate of drug-likeness (QED) is 0.598. The normalized spacial score (nSPS) is 10.9. The first-order chi connectivity index (χ1) is 12.1. The number of nitrogens with zero attached hydrogens (tertiary/aromatic N) is 2. The molecular weight excluding hydrogens is 320 g/mol. The Hall–Kier alpha value is -3.22. The number of ether oxygens (including phenoxy) is 1. The fourth-order valence-electron chi connectivity index (χ4n) is 1.99. The van der Waals surface area contributed by atoms with E-state index in [-0.39, 0.29) is 18.2 Å². The van der Waals surface area contributed by atoms with Crippen molar-refractivity contribution >= 4 is 23.2 Å². The summed E-state index contributed by atoms with van der Waals surface area (Å²) >= 11 is 0. The van der Waals surface area contributed by atoms with Crippen LogP contribution in [0.1, 0.15) is 30.6 Å². The average molecular weight is 340 g/mol. The summed E-state index contributed by atoms with van der Waals surface area (Å²) in [5, 5.41) is 6.69. The second-order valence-corrected chi connectivity index (χ2v) is 5.21. The molecule has 0 unspecified atom stereocenters. The maximum atomic E-state index is 12.0. The van der Waals surface area contributed by atoms with Gasteiger partial charge in [0.25, 0.3) is 5.91 Å². The van der Waals surface area contributed by atoms with Crippen LogP contribution in [0, 0.1) is 0 Å². The second kappa shape index (κ2) is 9.17. The molecular formula is C18H20N4O3. The summed E-state index contributed by atoms with van der Waals surface area (Å²) in [6, 6.07) is 10.4. The van der Waals surface area contributed by atoms with Gasteiger partial charge in [0.2, 0.25) is 5.91 Å². The van der Waals surface area contributed by atoms with Crippen LogP contribution in [0.4, 0.5) is 5.69 Å². The summed E-state index contributed by atoms with van der Waals surface area (Å²) in [7, 11) is 0. The zero-order valence-corrected chi connectivity index (χ0v) is 14.2. The molecule has 0 saturated carbocycles. The Morgan fingerprint density at radius 3 is 2.60 bits per heavy atom. The van der Waals surface area contributed by atoms with E-state index in [0.29, 0.717) is 23.6 Å². The van der Waals surface area contributed by atoms with E-state index < -0.39 is 0 Å². The number of amides is 2. The molecule has 2 N–H and O–H groups in total. The molecule has 0 radical (unpaired) electrons. The molecule has 25 heavy (non-hydrogen) atoms. The Morgan fingerprint density at radius 2 is 1.96 bits per heavy atom. The largest absolute Gasteiger partial charge is 0.494 e. The SMILES string of the molecule is CCOc1ccc(NC(=O)CC(C)=NNC(=O)c2cccnc2)cc1. The summed E-state index contributed by atoms with van der Waals surface area (Å²) in [5.74, 6) is 0.150. The Balaban J connectivity index is 1.83. The fourth-order valence-corrected chi connectivity index (χ4v) is 1.99. The van der Waals surface area contributed by atoms with Gasteiger partial charge in [0.15, 0.2) is 0 Å². The van der Waals surface area contributed by atoms with Gasteiger partial charge < -0.3 is 10.1 Å². The standard InChI is InChI=1S/C18H20N4O3/c1-3-25-16-8-6-15(7-9-16)20-17(23)11-13(2)21-22-18(24)14-5-4-10-19-12-14/h4-10,12H,3,11H2,1-2H3,(H,20,23)(H,22,24). The lowest BCUT2D eigenvalue weighted by Crippen LogP contribution is -2.21. The van der Waals surface area contributed by atoms with Crippen LogP contribution in [0.25, 0.3) is 0 Å². The molecule has 1 aromatic heterocycles. The number of carbonyl (C=O) groups excluding carboxylic acids is 2. The van der Waals surface area contributed by atoms with Gasteiger partial charge in [-0.05, 0) is 50.2 Å². The number of nitrogens with one attached hydrogen (secondary N) is 2. The summed E-state index contributed by atoms with van der Waals surface area (Å²) in [4.78, 5) is 27.7. The first-order valence-electron chi connectivity index (χ1n) is 7.84. The summed E-state index contributed by atoms with van der Waals surface area (Å²) in [5.41, 5.74) is 3.96. The number of hydrazone groups is 1. The molecule has 0 spiro atoms. The molecule has 0 fully saturated rings. The number of anilines is 1. The highest BCUT2D eigenvalue weighted by Gasteiger charge is 2.07. The van der Waals surface area contributed by atoms with Crippen molar-refractivity contribution in [2.75, 3.05) is 11.9 Å². The Bertz CT molecular complexity index is 743. The third kappa shape index (κ3) is 6.06. The monoisotopic (exact) mass is 340 g/mol. The lowest BCUT2D eigenvalue weighted by Gasteiger charge is -2.07. The zero-order chi connectivity index (χ0) is 18.1. The molecule has 7 nitrogen and oxygen atoms in total. The molecule has 0 aliphatic heterocycles. The van der Waals surface area contributed by atoms with Gasteiger partial charge >= 0.3 is 0 Å². The van der Waals surface area contributed by atoms with Gasteiger partial charge in [-0.3, -0.25) is 14.6 Å². The van der Waals surface area contributed by atoms with Crippen LogP contribution in [0.15, 0.2) is 53.9 Å². The average Bonchev–Trinajstić information content (AvgIpc) is 2.62. The minimum Gasteiger partial charge on any atom is -0.494 e. The molecule has 1 aromatic carbocycles. The van der Waals surface area contributed by atoms with E-state index in [1.807, 2.05) is 6.92 Å². The topological polar surface area (TPSA) is 92.7 Å².